The van der Waals surface area contributed by atoms with Crippen molar-refractivity contribution in [1.82, 2.24) is 0 Å². The molecule has 0 saturated carbocycles. The molecule has 0 radical (unpaired) electrons. The standard InChI is InChI=1S/C12H14F3NO4S/c1-7(2)16(21(18)19)10-6-8(12(13,14)15)4-5-9(10)11(17)20-3/h4-7H,1-3H3,(H,18,19). The lowest BCUT2D eigenvalue weighted by Gasteiger charge is -2.26. The van der Waals surface area contributed by atoms with Gasteiger partial charge in [0.1, 0.15) is 0 Å². The quantitative estimate of drug-likeness (QED) is 0.683. The SMILES string of the molecule is COC(=O)c1ccc(C(F)(F)F)cc1N(C(C)C)S(=O)O. The van der Waals surface area contributed by atoms with Gasteiger partial charge in [-0.1, -0.05) is 0 Å². The first-order chi connectivity index (χ1) is 9.59. The van der Waals surface area contributed by atoms with Gasteiger partial charge in [-0.05, 0) is 32.0 Å². The highest BCUT2D eigenvalue weighted by atomic mass is 32.2. The molecule has 1 rings (SSSR count). The van der Waals surface area contributed by atoms with Gasteiger partial charge in [-0.2, -0.15) is 13.2 Å². The largest absolute Gasteiger partial charge is 0.465 e. The molecule has 0 saturated heterocycles. The van der Waals surface area contributed by atoms with E-state index in [2.05, 4.69) is 4.74 Å². The van der Waals surface area contributed by atoms with Crippen molar-refractivity contribution in [3.63, 3.8) is 0 Å². The van der Waals surface area contributed by atoms with Gasteiger partial charge in [0, 0.05) is 6.04 Å². The Balaban J connectivity index is 3.55. The van der Waals surface area contributed by atoms with Crippen LogP contribution in [-0.2, 0) is 22.2 Å². The van der Waals surface area contributed by atoms with Crippen LogP contribution in [0.2, 0.25) is 0 Å². The van der Waals surface area contributed by atoms with Crippen molar-refractivity contribution in [3.8, 4) is 0 Å². The molecule has 1 aromatic rings. The Kier molecular flexibility index (Phi) is 5.35. The minimum Gasteiger partial charge on any atom is -0.465 e. The Labute approximate surface area is 122 Å². The van der Waals surface area contributed by atoms with E-state index in [0.29, 0.717) is 12.1 Å². The third-order valence-corrected chi connectivity index (χ3v) is 3.56. The second kappa shape index (κ2) is 6.44. The Morgan fingerprint density at radius 2 is 1.95 bits per heavy atom. The second-order valence-electron chi connectivity index (χ2n) is 4.37. The summed E-state index contributed by atoms with van der Waals surface area (Å²) in [6.07, 6.45) is -4.64. The van der Waals surface area contributed by atoms with Crippen molar-refractivity contribution >= 4 is 22.9 Å². The minimum atomic E-state index is -4.64. The van der Waals surface area contributed by atoms with Gasteiger partial charge in [-0.15, -0.1) is 0 Å². The van der Waals surface area contributed by atoms with E-state index in [0.717, 1.165) is 17.5 Å². The zero-order valence-corrected chi connectivity index (χ0v) is 12.3. The van der Waals surface area contributed by atoms with E-state index < -0.39 is 35.0 Å². The third kappa shape index (κ3) is 3.94. The lowest BCUT2D eigenvalue weighted by atomic mass is 10.1. The normalized spacial score (nSPS) is 13.1. The van der Waals surface area contributed by atoms with E-state index in [4.69, 9.17) is 0 Å². The molecule has 1 N–H and O–H groups in total. The topological polar surface area (TPSA) is 66.8 Å². The number of anilines is 1. The second-order valence-corrected chi connectivity index (χ2v) is 5.23. The lowest BCUT2D eigenvalue weighted by molar-refractivity contribution is -0.137. The van der Waals surface area contributed by atoms with Crippen LogP contribution in [0.15, 0.2) is 18.2 Å². The predicted molar refractivity (Wildman–Crippen MR) is 71.2 cm³/mol. The van der Waals surface area contributed by atoms with Crippen molar-refractivity contribution < 1.29 is 31.5 Å². The maximum Gasteiger partial charge on any atom is 0.416 e. The van der Waals surface area contributed by atoms with E-state index in [9.17, 15) is 26.7 Å². The van der Waals surface area contributed by atoms with Crippen molar-refractivity contribution in [2.24, 2.45) is 0 Å². The number of benzene rings is 1. The minimum absolute atomic E-state index is 0.221. The van der Waals surface area contributed by atoms with Gasteiger partial charge < -0.3 is 4.74 Å². The molecule has 118 valence electrons. The Bertz CT molecular complexity index is 560. The fourth-order valence-electron chi connectivity index (χ4n) is 1.72. The Morgan fingerprint density at radius 1 is 1.38 bits per heavy atom. The van der Waals surface area contributed by atoms with Crippen LogP contribution in [0.5, 0.6) is 0 Å². The molecular weight excluding hydrogens is 311 g/mol. The summed E-state index contributed by atoms with van der Waals surface area (Å²) in [4.78, 5) is 11.6. The number of esters is 1. The van der Waals surface area contributed by atoms with Gasteiger partial charge in [0.25, 0.3) is 11.3 Å². The molecule has 0 fully saturated rings. The highest BCUT2D eigenvalue weighted by molar-refractivity contribution is 7.80. The number of ether oxygens (including phenoxy) is 1. The molecule has 0 heterocycles. The highest BCUT2D eigenvalue weighted by Gasteiger charge is 2.33. The van der Waals surface area contributed by atoms with Gasteiger partial charge in [0.05, 0.1) is 23.9 Å². The molecule has 9 heteroatoms. The number of hydrogen-bond donors (Lipinski definition) is 1. The number of nitrogens with zero attached hydrogens (tertiary/aromatic N) is 1. The number of hydrogen-bond acceptors (Lipinski definition) is 3. The smallest absolute Gasteiger partial charge is 0.416 e. The van der Waals surface area contributed by atoms with Crippen molar-refractivity contribution in [2.45, 2.75) is 26.1 Å². The summed E-state index contributed by atoms with van der Waals surface area (Å²) >= 11 is -2.59. The van der Waals surface area contributed by atoms with Crippen molar-refractivity contribution in [3.05, 3.63) is 29.3 Å². The van der Waals surface area contributed by atoms with Crippen molar-refractivity contribution in [1.29, 1.82) is 0 Å². The molecule has 5 nitrogen and oxygen atoms in total. The molecule has 0 aromatic heterocycles. The molecule has 1 unspecified atom stereocenters. The van der Waals surface area contributed by atoms with Crippen LogP contribution < -0.4 is 4.31 Å². The van der Waals surface area contributed by atoms with Crippen LogP contribution in [-0.4, -0.2) is 27.9 Å². The van der Waals surface area contributed by atoms with Crippen LogP contribution >= 0.6 is 0 Å². The summed E-state index contributed by atoms with van der Waals surface area (Å²) < 4.78 is 64.2. The first-order valence-corrected chi connectivity index (χ1v) is 6.85. The summed E-state index contributed by atoms with van der Waals surface area (Å²) in [5, 5.41) is 0. The van der Waals surface area contributed by atoms with Gasteiger partial charge in [-0.25, -0.2) is 9.00 Å². The number of methoxy groups -OCH3 is 1. The molecule has 0 aliphatic heterocycles. The van der Waals surface area contributed by atoms with E-state index >= 15 is 0 Å². The molecule has 0 aliphatic carbocycles. The van der Waals surface area contributed by atoms with Gasteiger partial charge in [0.15, 0.2) is 0 Å². The van der Waals surface area contributed by atoms with Crippen molar-refractivity contribution in [2.75, 3.05) is 11.4 Å². The van der Waals surface area contributed by atoms with E-state index in [-0.39, 0.29) is 11.3 Å². The number of alkyl halides is 3. The maximum absolute atomic E-state index is 12.8. The molecule has 1 aromatic carbocycles. The molecule has 1 atom stereocenters. The molecule has 0 aliphatic rings. The van der Waals surface area contributed by atoms with Crippen LogP contribution in [0.25, 0.3) is 0 Å². The summed E-state index contributed by atoms with van der Waals surface area (Å²) in [5.74, 6) is -0.894. The summed E-state index contributed by atoms with van der Waals surface area (Å²) in [6.45, 7) is 3.02. The monoisotopic (exact) mass is 325 g/mol. The molecule has 21 heavy (non-hydrogen) atoms. The number of carbonyl (C=O) groups excluding carboxylic acids is 1. The average Bonchev–Trinajstić information content (AvgIpc) is 2.35. The van der Waals surface area contributed by atoms with E-state index in [1.165, 1.54) is 13.8 Å². The number of halogens is 3. The highest BCUT2D eigenvalue weighted by Crippen LogP contribution is 2.34. The van der Waals surface area contributed by atoms with Crippen LogP contribution in [0, 0.1) is 0 Å². The van der Waals surface area contributed by atoms with Crippen LogP contribution in [0.1, 0.15) is 29.8 Å². The first kappa shape index (κ1) is 17.4. The van der Waals surface area contributed by atoms with Crippen LogP contribution in [0.3, 0.4) is 0 Å². The zero-order valence-electron chi connectivity index (χ0n) is 11.5. The summed E-state index contributed by atoms with van der Waals surface area (Å²) in [5.41, 5.74) is -1.56. The molecule has 0 amide bonds. The van der Waals surface area contributed by atoms with Gasteiger partial charge in [-0.3, -0.25) is 8.86 Å². The third-order valence-electron chi connectivity index (χ3n) is 2.61. The molecular formula is C12H14F3NO4S. The van der Waals surface area contributed by atoms with E-state index in [1.807, 2.05) is 0 Å². The average molecular weight is 325 g/mol. The zero-order chi connectivity index (χ0) is 16.4. The summed E-state index contributed by atoms with van der Waals surface area (Å²) in [6, 6.07) is 1.68. The fourth-order valence-corrected chi connectivity index (χ4v) is 2.40. The Hall–Kier alpha value is -1.61. The number of carbonyl (C=O) groups is 1. The Morgan fingerprint density at radius 3 is 2.33 bits per heavy atom. The number of rotatable bonds is 4. The summed E-state index contributed by atoms with van der Waals surface area (Å²) in [7, 11) is 1.07. The maximum atomic E-state index is 12.8. The van der Waals surface area contributed by atoms with Crippen LogP contribution in [0.4, 0.5) is 18.9 Å². The first-order valence-electron chi connectivity index (χ1n) is 5.79. The lowest BCUT2D eigenvalue weighted by Crippen LogP contribution is -2.34. The van der Waals surface area contributed by atoms with E-state index in [1.54, 1.807) is 0 Å². The molecule has 0 bridgehead atoms. The fraction of sp³-hybridized carbons (Fsp3) is 0.417. The predicted octanol–water partition coefficient (Wildman–Crippen LogP) is 2.84. The van der Waals surface area contributed by atoms with Gasteiger partial charge >= 0.3 is 12.1 Å². The van der Waals surface area contributed by atoms with Gasteiger partial charge in [0.2, 0.25) is 0 Å². The molecule has 0 spiro atoms.